The lowest BCUT2D eigenvalue weighted by Crippen LogP contribution is -2.36. The van der Waals surface area contributed by atoms with Crippen LogP contribution in [0.1, 0.15) is 47.0 Å². The lowest BCUT2D eigenvalue weighted by Gasteiger charge is -2.41. The summed E-state index contributed by atoms with van der Waals surface area (Å²) in [7, 11) is 0. The molecule has 3 heteroatoms. The van der Waals surface area contributed by atoms with E-state index in [2.05, 4.69) is 34.3 Å². The summed E-state index contributed by atoms with van der Waals surface area (Å²) >= 11 is 0. The fraction of sp³-hybridized carbons (Fsp3) is 0.733. The first-order valence-corrected chi connectivity index (χ1v) is 6.59. The molecule has 0 N–H and O–H groups in total. The van der Waals surface area contributed by atoms with Crippen molar-refractivity contribution in [3.8, 4) is 6.07 Å². The largest absolute Gasteiger partial charge is 0.338 e. The monoisotopic (exact) mass is 248 g/mol. The third kappa shape index (κ3) is 2.93. The van der Waals surface area contributed by atoms with E-state index in [0.717, 1.165) is 32.4 Å². The lowest BCUT2D eigenvalue weighted by molar-refractivity contribution is -0.126. The third-order valence-corrected chi connectivity index (χ3v) is 4.58. The van der Waals surface area contributed by atoms with Gasteiger partial charge in [0.25, 0.3) is 5.91 Å². The first kappa shape index (κ1) is 14.8. The minimum atomic E-state index is -0.198. The van der Waals surface area contributed by atoms with Crippen molar-refractivity contribution >= 4 is 5.91 Å². The molecule has 1 amide bonds. The van der Waals surface area contributed by atoms with Crippen LogP contribution in [-0.2, 0) is 4.79 Å². The van der Waals surface area contributed by atoms with E-state index in [4.69, 9.17) is 5.26 Å². The molecule has 0 aromatic heterocycles. The molecule has 0 aromatic rings. The lowest BCUT2D eigenvalue weighted by atomic mass is 9.64. The average Bonchev–Trinajstić information content (AvgIpc) is 2.49. The Morgan fingerprint density at radius 2 is 1.94 bits per heavy atom. The van der Waals surface area contributed by atoms with E-state index >= 15 is 0 Å². The van der Waals surface area contributed by atoms with Gasteiger partial charge >= 0.3 is 0 Å². The quantitative estimate of drug-likeness (QED) is 0.528. The van der Waals surface area contributed by atoms with E-state index in [-0.39, 0.29) is 22.3 Å². The van der Waals surface area contributed by atoms with Gasteiger partial charge in [-0.05, 0) is 30.1 Å². The van der Waals surface area contributed by atoms with Gasteiger partial charge < -0.3 is 4.90 Å². The fourth-order valence-electron chi connectivity index (χ4n) is 2.47. The third-order valence-electron chi connectivity index (χ3n) is 4.58. The van der Waals surface area contributed by atoms with Crippen molar-refractivity contribution in [1.29, 1.82) is 5.26 Å². The van der Waals surface area contributed by atoms with E-state index in [1.165, 1.54) is 0 Å². The molecular weight excluding hydrogens is 224 g/mol. The number of amides is 1. The van der Waals surface area contributed by atoms with Crippen LogP contribution in [0.25, 0.3) is 0 Å². The van der Waals surface area contributed by atoms with Crippen molar-refractivity contribution in [2.75, 3.05) is 13.1 Å². The highest BCUT2D eigenvalue weighted by molar-refractivity contribution is 5.96. The van der Waals surface area contributed by atoms with Gasteiger partial charge in [-0.25, -0.2) is 0 Å². The zero-order chi connectivity index (χ0) is 14.0. The standard InChI is InChI=1S/C15H24N2O/c1-12(11-16)13(18)17-9-6-7-15(5,8-10-17)14(2,3)4/h1,6-10H2,2-5H3. The number of hydrogen-bond donors (Lipinski definition) is 0. The summed E-state index contributed by atoms with van der Waals surface area (Å²) in [6, 6.07) is 1.85. The molecule has 1 aliphatic heterocycles. The minimum Gasteiger partial charge on any atom is -0.338 e. The van der Waals surface area contributed by atoms with Gasteiger partial charge in [-0.3, -0.25) is 4.79 Å². The second-order valence-corrected chi connectivity index (χ2v) is 6.55. The Hall–Kier alpha value is -1.30. The summed E-state index contributed by atoms with van der Waals surface area (Å²) in [4.78, 5) is 13.7. The molecule has 3 nitrogen and oxygen atoms in total. The van der Waals surface area contributed by atoms with E-state index in [0.29, 0.717) is 0 Å². The van der Waals surface area contributed by atoms with Crippen LogP contribution in [0.15, 0.2) is 12.2 Å². The van der Waals surface area contributed by atoms with Crippen molar-refractivity contribution in [2.24, 2.45) is 10.8 Å². The number of likely N-dealkylation sites (tertiary alicyclic amines) is 1. The molecule has 1 fully saturated rings. The topological polar surface area (TPSA) is 44.1 Å². The Balaban J connectivity index is 2.77. The van der Waals surface area contributed by atoms with E-state index in [1.807, 2.05) is 6.07 Å². The van der Waals surface area contributed by atoms with Gasteiger partial charge in [-0.1, -0.05) is 34.3 Å². The first-order valence-electron chi connectivity index (χ1n) is 6.59. The number of carbonyl (C=O) groups excluding carboxylic acids is 1. The summed E-state index contributed by atoms with van der Waals surface area (Å²) in [5.74, 6) is -0.198. The number of nitrogens with zero attached hydrogens (tertiary/aromatic N) is 2. The highest BCUT2D eigenvalue weighted by atomic mass is 16.2. The summed E-state index contributed by atoms with van der Waals surface area (Å²) in [6.45, 7) is 14.1. The van der Waals surface area contributed by atoms with Crippen LogP contribution < -0.4 is 0 Å². The van der Waals surface area contributed by atoms with Crippen molar-refractivity contribution < 1.29 is 4.79 Å². The van der Waals surface area contributed by atoms with E-state index in [9.17, 15) is 4.79 Å². The Morgan fingerprint density at radius 3 is 2.44 bits per heavy atom. The van der Waals surface area contributed by atoms with Gasteiger partial charge in [0.05, 0.1) is 0 Å². The van der Waals surface area contributed by atoms with Crippen LogP contribution in [0.2, 0.25) is 0 Å². The molecule has 0 spiro atoms. The molecule has 100 valence electrons. The molecule has 1 rings (SSSR count). The first-order chi connectivity index (χ1) is 8.21. The Bertz CT molecular complexity index is 386. The maximum Gasteiger partial charge on any atom is 0.263 e. The van der Waals surface area contributed by atoms with Gasteiger partial charge in [-0.15, -0.1) is 0 Å². The smallest absolute Gasteiger partial charge is 0.263 e. The van der Waals surface area contributed by atoms with E-state index in [1.54, 1.807) is 4.90 Å². The van der Waals surface area contributed by atoms with Crippen molar-refractivity contribution in [2.45, 2.75) is 47.0 Å². The highest BCUT2D eigenvalue weighted by Crippen LogP contribution is 2.46. The maximum absolute atomic E-state index is 11.9. The SMILES string of the molecule is C=C(C#N)C(=O)N1CCCC(C)(C(C)(C)C)CC1. The molecule has 1 aliphatic rings. The molecule has 1 unspecified atom stereocenters. The molecule has 0 saturated carbocycles. The van der Waals surface area contributed by atoms with Crippen LogP contribution >= 0.6 is 0 Å². The van der Waals surface area contributed by atoms with Gasteiger partial charge in [-0.2, -0.15) is 5.26 Å². The number of hydrogen-bond acceptors (Lipinski definition) is 2. The Morgan fingerprint density at radius 1 is 1.33 bits per heavy atom. The van der Waals surface area contributed by atoms with Gasteiger partial charge in [0.15, 0.2) is 0 Å². The summed E-state index contributed by atoms with van der Waals surface area (Å²) in [6.07, 6.45) is 3.11. The summed E-state index contributed by atoms with van der Waals surface area (Å²) in [5.41, 5.74) is 0.531. The summed E-state index contributed by atoms with van der Waals surface area (Å²) < 4.78 is 0. The fourth-order valence-corrected chi connectivity index (χ4v) is 2.47. The Kier molecular flexibility index (Phi) is 4.21. The number of nitriles is 1. The molecule has 0 bridgehead atoms. The molecule has 1 saturated heterocycles. The van der Waals surface area contributed by atoms with Gasteiger partial charge in [0, 0.05) is 13.1 Å². The number of carbonyl (C=O) groups is 1. The van der Waals surface area contributed by atoms with Crippen molar-refractivity contribution in [1.82, 2.24) is 4.90 Å². The van der Waals surface area contributed by atoms with Crippen molar-refractivity contribution in [3.05, 3.63) is 12.2 Å². The zero-order valence-electron chi connectivity index (χ0n) is 12.0. The van der Waals surface area contributed by atoms with E-state index < -0.39 is 0 Å². The molecule has 0 radical (unpaired) electrons. The molecule has 0 aromatic carbocycles. The summed E-state index contributed by atoms with van der Waals surface area (Å²) in [5, 5.41) is 8.74. The molecule has 0 aliphatic carbocycles. The van der Waals surface area contributed by atoms with Crippen LogP contribution in [-0.4, -0.2) is 23.9 Å². The second kappa shape index (κ2) is 5.14. The predicted octanol–water partition coefficient (Wildman–Crippen LogP) is 3.13. The van der Waals surface area contributed by atoms with Crippen LogP contribution in [0.5, 0.6) is 0 Å². The molecule has 1 atom stereocenters. The van der Waals surface area contributed by atoms with Crippen LogP contribution in [0.3, 0.4) is 0 Å². The second-order valence-electron chi connectivity index (χ2n) is 6.55. The molecular formula is C15H24N2O. The van der Waals surface area contributed by atoms with Crippen LogP contribution in [0.4, 0.5) is 0 Å². The van der Waals surface area contributed by atoms with Crippen molar-refractivity contribution in [3.63, 3.8) is 0 Å². The minimum absolute atomic E-state index is 0.0503. The zero-order valence-corrected chi connectivity index (χ0v) is 12.0. The van der Waals surface area contributed by atoms with Gasteiger partial charge in [0.2, 0.25) is 0 Å². The maximum atomic E-state index is 11.9. The molecule has 18 heavy (non-hydrogen) atoms. The highest BCUT2D eigenvalue weighted by Gasteiger charge is 2.39. The number of rotatable bonds is 1. The van der Waals surface area contributed by atoms with Crippen LogP contribution in [0, 0.1) is 22.2 Å². The predicted molar refractivity (Wildman–Crippen MR) is 72.7 cm³/mol. The Labute approximate surface area is 110 Å². The van der Waals surface area contributed by atoms with Gasteiger partial charge in [0.1, 0.15) is 11.6 Å². The normalized spacial score (nSPS) is 25.2. The average molecular weight is 248 g/mol. The molecule has 1 heterocycles.